The van der Waals surface area contributed by atoms with Crippen molar-refractivity contribution in [1.82, 2.24) is 19.6 Å². The monoisotopic (exact) mass is 384 g/mol. The molecule has 148 valence electrons. The highest BCUT2D eigenvalue weighted by atomic mass is 19.1. The van der Waals surface area contributed by atoms with Crippen molar-refractivity contribution in [3.63, 3.8) is 0 Å². The van der Waals surface area contributed by atoms with Gasteiger partial charge in [0, 0.05) is 31.9 Å². The smallest absolute Gasteiger partial charge is 0.244 e. The van der Waals surface area contributed by atoms with Crippen LogP contribution in [0.4, 0.5) is 4.39 Å². The van der Waals surface area contributed by atoms with Crippen LogP contribution in [0.25, 0.3) is 0 Å². The molecule has 1 aliphatic heterocycles. The first kappa shape index (κ1) is 18.7. The number of aryl methyl sites for hydroxylation is 1. The van der Waals surface area contributed by atoms with Gasteiger partial charge in [0.05, 0.1) is 12.6 Å². The number of aromatic nitrogens is 3. The second-order valence-corrected chi connectivity index (χ2v) is 7.19. The number of hydrogen-bond acceptors (Lipinski definition) is 5. The fourth-order valence-electron chi connectivity index (χ4n) is 3.62. The van der Waals surface area contributed by atoms with Gasteiger partial charge in [-0.05, 0) is 55.8 Å². The molecule has 0 bridgehead atoms. The molecule has 3 aromatic rings. The van der Waals surface area contributed by atoms with Crippen LogP contribution in [0.3, 0.4) is 0 Å². The molecule has 1 aromatic carbocycles. The lowest BCUT2D eigenvalue weighted by atomic mass is 10.0. The zero-order chi connectivity index (χ0) is 19.3. The average Bonchev–Trinajstić information content (AvgIpc) is 3.33. The van der Waals surface area contributed by atoms with Gasteiger partial charge in [-0.15, -0.1) is 0 Å². The Hall–Kier alpha value is -2.67. The number of benzene rings is 1. The zero-order valence-electron chi connectivity index (χ0n) is 16.1. The highest BCUT2D eigenvalue weighted by molar-refractivity contribution is 5.22. The van der Waals surface area contributed by atoms with Crippen LogP contribution in [-0.2, 0) is 20.0 Å². The summed E-state index contributed by atoms with van der Waals surface area (Å²) in [6.07, 6.45) is 6.00. The summed E-state index contributed by atoms with van der Waals surface area (Å²) < 4.78 is 26.3. The van der Waals surface area contributed by atoms with Gasteiger partial charge in [0.25, 0.3) is 0 Å². The van der Waals surface area contributed by atoms with Gasteiger partial charge in [-0.25, -0.2) is 4.39 Å². The molecule has 1 aliphatic rings. The molecule has 1 saturated heterocycles. The molecule has 1 atom stereocenters. The molecule has 4 rings (SSSR count). The minimum Gasteiger partial charge on any atom is -0.493 e. The van der Waals surface area contributed by atoms with Crippen LogP contribution < -0.4 is 4.74 Å². The van der Waals surface area contributed by atoms with E-state index >= 15 is 0 Å². The van der Waals surface area contributed by atoms with E-state index in [4.69, 9.17) is 9.26 Å². The number of nitrogens with zero attached hydrogens (tertiary/aromatic N) is 4. The molecule has 0 N–H and O–H groups in total. The molecule has 0 radical (unpaired) electrons. The largest absolute Gasteiger partial charge is 0.493 e. The molecule has 3 heterocycles. The summed E-state index contributed by atoms with van der Waals surface area (Å²) in [5, 5.41) is 4.13. The van der Waals surface area contributed by atoms with Crippen LogP contribution in [-0.4, -0.2) is 32.8 Å². The predicted molar refractivity (Wildman–Crippen MR) is 102 cm³/mol. The second kappa shape index (κ2) is 8.56. The maximum Gasteiger partial charge on any atom is 0.244 e. The fraction of sp³-hybridized carbons (Fsp3) is 0.429. The lowest BCUT2D eigenvalue weighted by molar-refractivity contribution is 0.109. The van der Waals surface area contributed by atoms with Gasteiger partial charge in [-0.3, -0.25) is 4.90 Å². The molecular formula is C21H25FN4O2. The molecular weight excluding hydrogens is 359 g/mol. The minimum absolute atomic E-state index is 0.155. The molecule has 1 unspecified atom stereocenters. The van der Waals surface area contributed by atoms with Gasteiger partial charge in [0.1, 0.15) is 11.6 Å². The van der Waals surface area contributed by atoms with E-state index in [0.29, 0.717) is 30.5 Å². The lowest BCUT2D eigenvalue weighted by Gasteiger charge is -2.33. The first-order valence-corrected chi connectivity index (χ1v) is 9.74. The van der Waals surface area contributed by atoms with Gasteiger partial charge in [-0.2, -0.15) is 4.98 Å². The van der Waals surface area contributed by atoms with E-state index in [-0.39, 0.29) is 11.9 Å². The summed E-state index contributed by atoms with van der Waals surface area (Å²) in [6, 6.07) is 10.4. The molecule has 7 heteroatoms. The van der Waals surface area contributed by atoms with Crippen LogP contribution in [0.5, 0.6) is 5.75 Å². The van der Waals surface area contributed by atoms with Gasteiger partial charge in [0.2, 0.25) is 5.89 Å². The average molecular weight is 384 g/mol. The van der Waals surface area contributed by atoms with Gasteiger partial charge in [-0.1, -0.05) is 11.6 Å². The number of rotatable bonds is 7. The van der Waals surface area contributed by atoms with E-state index in [1.807, 2.05) is 0 Å². The van der Waals surface area contributed by atoms with E-state index in [1.165, 1.54) is 30.7 Å². The van der Waals surface area contributed by atoms with Crippen LogP contribution in [0.15, 0.2) is 47.1 Å². The van der Waals surface area contributed by atoms with E-state index in [2.05, 4.69) is 45.0 Å². The van der Waals surface area contributed by atoms with E-state index in [1.54, 1.807) is 12.1 Å². The highest BCUT2D eigenvalue weighted by Crippen LogP contribution is 2.31. The third-order valence-electron chi connectivity index (χ3n) is 5.21. The van der Waals surface area contributed by atoms with E-state index in [9.17, 15) is 4.39 Å². The maximum absolute atomic E-state index is 12.9. The van der Waals surface area contributed by atoms with Gasteiger partial charge in [0.15, 0.2) is 5.82 Å². The standard InChI is InChI=1S/C21H25FN4O2/c1-25-12-4-5-17(25)15-26-13-3-2-6-19(26)21-23-20(24-28-21)11-14-27-18-9-7-16(22)8-10-18/h4-5,7-10,12,19H,2-3,6,11,13-15H2,1H3. The summed E-state index contributed by atoms with van der Waals surface area (Å²) in [6.45, 7) is 2.32. The first-order chi connectivity index (χ1) is 13.7. The Labute approximate surface area is 163 Å². The van der Waals surface area contributed by atoms with Crippen molar-refractivity contribution in [2.75, 3.05) is 13.2 Å². The molecule has 0 aliphatic carbocycles. The summed E-state index contributed by atoms with van der Waals surface area (Å²) in [4.78, 5) is 7.04. The van der Waals surface area contributed by atoms with Crippen molar-refractivity contribution < 1.29 is 13.7 Å². The Morgan fingerprint density at radius 3 is 2.86 bits per heavy atom. The quantitative estimate of drug-likeness (QED) is 0.618. The first-order valence-electron chi connectivity index (χ1n) is 9.74. The summed E-state index contributed by atoms with van der Waals surface area (Å²) in [5.74, 6) is 1.68. The van der Waals surface area contributed by atoms with Crippen molar-refractivity contribution in [3.05, 3.63) is 65.8 Å². The normalized spacial score (nSPS) is 17.7. The third kappa shape index (κ3) is 4.42. The Bertz CT molecular complexity index is 890. The van der Waals surface area contributed by atoms with Crippen molar-refractivity contribution in [1.29, 1.82) is 0 Å². The second-order valence-electron chi connectivity index (χ2n) is 7.19. The maximum atomic E-state index is 12.9. The van der Waals surface area contributed by atoms with Crippen molar-refractivity contribution in [2.45, 2.75) is 38.3 Å². The SMILES string of the molecule is Cn1cccc1CN1CCCCC1c1nc(CCOc2ccc(F)cc2)no1. The predicted octanol–water partition coefficient (Wildman–Crippen LogP) is 3.90. The number of piperidine rings is 1. The molecule has 28 heavy (non-hydrogen) atoms. The minimum atomic E-state index is -0.275. The molecule has 0 amide bonds. The number of halogens is 1. The Morgan fingerprint density at radius 2 is 2.07 bits per heavy atom. The number of likely N-dealkylation sites (tertiary alicyclic amines) is 1. The van der Waals surface area contributed by atoms with Crippen molar-refractivity contribution in [3.8, 4) is 5.75 Å². The van der Waals surface area contributed by atoms with Crippen molar-refractivity contribution >= 4 is 0 Å². The van der Waals surface area contributed by atoms with Crippen LogP contribution in [0.2, 0.25) is 0 Å². The van der Waals surface area contributed by atoms with Crippen LogP contribution in [0.1, 0.15) is 42.7 Å². The molecule has 0 saturated carbocycles. The highest BCUT2D eigenvalue weighted by Gasteiger charge is 2.29. The molecule has 2 aromatic heterocycles. The lowest BCUT2D eigenvalue weighted by Crippen LogP contribution is -2.33. The van der Waals surface area contributed by atoms with E-state index in [0.717, 1.165) is 19.5 Å². The molecule has 0 spiro atoms. The summed E-state index contributed by atoms with van der Waals surface area (Å²) >= 11 is 0. The summed E-state index contributed by atoms with van der Waals surface area (Å²) in [5.41, 5.74) is 1.28. The van der Waals surface area contributed by atoms with Gasteiger partial charge < -0.3 is 13.8 Å². The zero-order valence-corrected chi connectivity index (χ0v) is 16.1. The Morgan fingerprint density at radius 1 is 1.21 bits per heavy atom. The van der Waals surface area contributed by atoms with Crippen LogP contribution >= 0.6 is 0 Å². The fourth-order valence-corrected chi connectivity index (χ4v) is 3.62. The number of hydrogen-bond donors (Lipinski definition) is 0. The molecule has 6 nitrogen and oxygen atoms in total. The summed E-state index contributed by atoms with van der Waals surface area (Å²) in [7, 11) is 2.07. The van der Waals surface area contributed by atoms with Crippen molar-refractivity contribution in [2.24, 2.45) is 7.05 Å². The third-order valence-corrected chi connectivity index (χ3v) is 5.21. The topological polar surface area (TPSA) is 56.3 Å². The van der Waals surface area contributed by atoms with Crippen LogP contribution in [0, 0.1) is 5.82 Å². The van der Waals surface area contributed by atoms with E-state index < -0.39 is 0 Å². The number of ether oxygens (including phenoxy) is 1. The Kier molecular flexibility index (Phi) is 5.71. The Balaban J connectivity index is 1.36. The molecule has 1 fully saturated rings. The van der Waals surface area contributed by atoms with Gasteiger partial charge >= 0.3 is 0 Å².